The maximum Gasteiger partial charge on any atom is 0.326 e. The number of esters is 1. The Kier molecular flexibility index (Phi) is 6.05. The highest BCUT2D eigenvalue weighted by Gasteiger charge is 2.43. The second kappa shape index (κ2) is 7.07. The maximum absolute atomic E-state index is 12.0. The van der Waals surface area contributed by atoms with Crippen molar-refractivity contribution in [2.24, 2.45) is 0 Å². The van der Waals surface area contributed by atoms with E-state index in [1.165, 1.54) is 7.11 Å². The largest absolute Gasteiger partial charge is 0.468 e. The second-order valence-electron chi connectivity index (χ2n) is 5.05. The van der Waals surface area contributed by atoms with Crippen LogP contribution in [0.4, 0.5) is 0 Å². The lowest BCUT2D eigenvalue weighted by Crippen LogP contribution is -2.57. The zero-order chi connectivity index (χ0) is 13.6. The molecule has 106 valence electrons. The fourth-order valence-corrected chi connectivity index (χ4v) is 2.75. The molecule has 1 N–H and O–H groups in total. The van der Waals surface area contributed by atoms with Gasteiger partial charge in [-0.25, -0.2) is 0 Å². The molecule has 18 heavy (non-hydrogen) atoms. The van der Waals surface area contributed by atoms with Gasteiger partial charge in [0.2, 0.25) is 0 Å². The minimum absolute atomic E-state index is 0.144. The molecule has 1 aliphatic carbocycles. The van der Waals surface area contributed by atoms with Gasteiger partial charge in [0.25, 0.3) is 0 Å². The molecule has 0 bridgehead atoms. The molecule has 2 unspecified atom stereocenters. The molecule has 0 aromatic rings. The topological polar surface area (TPSA) is 50.8 Å². The predicted octanol–water partition coefficient (Wildman–Crippen LogP) is 0.638. The fraction of sp³-hybridized carbons (Fsp3) is 0.923. The summed E-state index contributed by atoms with van der Waals surface area (Å²) in [6, 6.07) is 0.403. The lowest BCUT2D eigenvalue weighted by atomic mass is 9.78. The van der Waals surface area contributed by atoms with Crippen molar-refractivity contribution in [2.75, 3.05) is 41.5 Å². The number of likely N-dealkylation sites (N-methyl/N-ethyl adjacent to an activating group) is 2. The van der Waals surface area contributed by atoms with Crippen LogP contribution in [0.15, 0.2) is 0 Å². The van der Waals surface area contributed by atoms with Gasteiger partial charge in [-0.3, -0.25) is 4.79 Å². The van der Waals surface area contributed by atoms with Gasteiger partial charge < -0.3 is 19.7 Å². The monoisotopic (exact) mass is 258 g/mol. The average molecular weight is 258 g/mol. The zero-order valence-electron chi connectivity index (χ0n) is 12.0. The third-order valence-corrected chi connectivity index (χ3v) is 4.05. The van der Waals surface area contributed by atoms with Crippen molar-refractivity contribution in [3.05, 3.63) is 0 Å². The van der Waals surface area contributed by atoms with Gasteiger partial charge in [0.05, 0.1) is 13.7 Å². The highest BCUT2D eigenvalue weighted by atomic mass is 16.5. The molecule has 0 aliphatic heterocycles. The summed E-state index contributed by atoms with van der Waals surface area (Å²) in [5.74, 6) is -0.144. The Labute approximate surface area is 110 Å². The number of carbonyl (C=O) groups is 1. The molecule has 0 heterocycles. The molecule has 2 atom stereocenters. The zero-order valence-corrected chi connectivity index (χ0v) is 12.0. The van der Waals surface area contributed by atoms with E-state index >= 15 is 0 Å². The first-order valence-corrected chi connectivity index (χ1v) is 6.56. The van der Waals surface area contributed by atoms with Gasteiger partial charge in [-0.2, -0.15) is 0 Å². The molecule has 1 fully saturated rings. The van der Waals surface area contributed by atoms with E-state index in [2.05, 4.69) is 17.3 Å². The van der Waals surface area contributed by atoms with Gasteiger partial charge in [-0.05, 0) is 39.8 Å². The molecular formula is C13H26N2O3. The number of methoxy groups -OCH3 is 2. The molecule has 0 aromatic carbocycles. The molecule has 1 aliphatic rings. The number of nitrogens with zero attached hydrogens (tertiary/aromatic N) is 1. The molecular weight excluding hydrogens is 232 g/mol. The highest BCUT2D eigenvalue weighted by Crippen LogP contribution is 2.31. The van der Waals surface area contributed by atoms with E-state index in [4.69, 9.17) is 9.47 Å². The lowest BCUT2D eigenvalue weighted by Gasteiger charge is -2.41. The van der Waals surface area contributed by atoms with Crippen LogP contribution < -0.4 is 5.32 Å². The molecule has 5 nitrogen and oxygen atoms in total. The normalized spacial score (nSPS) is 28.4. The van der Waals surface area contributed by atoms with Gasteiger partial charge in [0.15, 0.2) is 0 Å². The van der Waals surface area contributed by atoms with Crippen LogP contribution in [0.3, 0.4) is 0 Å². The highest BCUT2D eigenvalue weighted by molar-refractivity contribution is 5.81. The van der Waals surface area contributed by atoms with E-state index in [1.807, 2.05) is 7.05 Å². The summed E-state index contributed by atoms with van der Waals surface area (Å²) in [7, 11) is 7.10. The Morgan fingerprint density at radius 1 is 1.50 bits per heavy atom. The quantitative estimate of drug-likeness (QED) is 0.709. The van der Waals surface area contributed by atoms with Crippen molar-refractivity contribution >= 4 is 5.97 Å². The summed E-state index contributed by atoms with van der Waals surface area (Å²) in [5, 5.41) is 3.18. The van der Waals surface area contributed by atoms with Gasteiger partial charge in [0.1, 0.15) is 5.54 Å². The van der Waals surface area contributed by atoms with Crippen LogP contribution in [0.5, 0.6) is 0 Å². The van der Waals surface area contributed by atoms with E-state index < -0.39 is 5.54 Å². The van der Waals surface area contributed by atoms with Crippen LogP contribution in [0, 0.1) is 0 Å². The Bertz CT molecular complexity index is 273. The minimum atomic E-state index is -0.515. The van der Waals surface area contributed by atoms with Crippen molar-refractivity contribution in [1.82, 2.24) is 10.2 Å². The first kappa shape index (κ1) is 15.4. The SMILES string of the molecule is CNC1(C(=O)OC)CCCC(N(C)CCOC)C1. The summed E-state index contributed by atoms with van der Waals surface area (Å²) in [5.41, 5.74) is -0.515. The van der Waals surface area contributed by atoms with Crippen LogP contribution in [0.1, 0.15) is 25.7 Å². The van der Waals surface area contributed by atoms with Crippen LogP contribution in [0.2, 0.25) is 0 Å². The summed E-state index contributed by atoms with van der Waals surface area (Å²) in [6.07, 6.45) is 3.82. The third kappa shape index (κ3) is 3.43. The standard InChI is InChI=1S/C13H26N2O3/c1-14-13(12(16)18-4)7-5-6-11(10-13)15(2)8-9-17-3/h11,14H,5-10H2,1-4H3. The average Bonchev–Trinajstić information content (AvgIpc) is 2.43. The summed E-state index contributed by atoms with van der Waals surface area (Å²) < 4.78 is 10.0. The molecule has 0 amide bonds. The smallest absolute Gasteiger partial charge is 0.326 e. The molecule has 0 spiro atoms. The van der Waals surface area contributed by atoms with Crippen molar-refractivity contribution < 1.29 is 14.3 Å². The predicted molar refractivity (Wildman–Crippen MR) is 70.6 cm³/mol. The van der Waals surface area contributed by atoms with Crippen LogP contribution in [-0.2, 0) is 14.3 Å². The lowest BCUT2D eigenvalue weighted by molar-refractivity contribution is -0.151. The van der Waals surface area contributed by atoms with Crippen molar-refractivity contribution in [2.45, 2.75) is 37.3 Å². The summed E-state index contributed by atoms with van der Waals surface area (Å²) in [6.45, 7) is 1.61. The first-order valence-electron chi connectivity index (χ1n) is 6.56. The van der Waals surface area contributed by atoms with E-state index in [9.17, 15) is 4.79 Å². The van der Waals surface area contributed by atoms with Crippen molar-refractivity contribution in [3.63, 3.8) is 0 Å². The van der Waals surface area contributed by atoms with E-state index in [1.54, 1.807) is 7.11 Å². The van der Waals surface area contributed by atoms with Crippen LogP contribution >= 0.6 is 0 Å². The van der Waals surface area contributed by atoms with Gasteiger partial charge in [-0.1, -0.05) is 0 Å². The number of rotatable bonds is 6. The Balaban J connectivity index is 2.66. The molecule has 5 heteroatoms. The number of carbonyl (C=O) groups excluding carboxylic acids is 1. The number of hydrogen-bond acceptors (Lipinski definition) is 5. The molecule has 1 saturated carbocycles. The molecule has 0 aromatic heterocycles. The van der Waals surface area contributed by atoms with Crippen molar-refractivity contribution in [3.8, 4) is 0 Å². The fourth-order valence-electron chi connectivity index (χ4n) is 2.75. The van der Waals surface area contributed by atoms with Gasteiger partial charge >= 0.3 is 5.97 Å². The van der Waals surface area contributed by atoms with E-state index in [0.717, 1.165) is 38.8 Å². The minimum Gasteiger partial charge on any atom is -0.468 e. The molecule has 1 rings (SSSR count). The van der Waals surface area contributed by atoms with Crippen LogP contribution in [0.25, 0.3) is 0 Å². The van der Waals surface area contributed by atoms with Crippen LogP contribution in [-0.4, -0.2) is 63.9 Å². The van der Waals surface area contributed by atoms with E-state index in [-0.39, 0.29) is 5.97 Å². The maximum atomic E-state index is 12.0. The molecule has 0 radical (unpaired) electrons. The van der Waals surface area contributed by atoms with Crippen molar-refractivity contribution in [1.29, 1.82) is 0 Å². The Hall–Kier alpha value is -0.650. The Morgan fingerprint density at radius 2 is 2.22 bits per heavy atom. The van der Waals surface area contributed by atoms with E-state index in [0.29, 0.717) is 6.04 Å². The third-order valence-electron chi connectivity index (χ3n) is 4.05. The van der Waals surface area contributed by atoms with Gasteiger partial charge in [0, 0.05) is 19.7 Å². The molecule has 0 saturated heterocycles. The summed E-state index contributed by atoms with van der Waals surface area (Å²) in [4.78, 5) is 14.2. The Morgan fingerprint density at radius 3 is 2.78 bits per heavy atom. The number of nitrogens with one attached hydrogen (secondary N) is 1. The first-order chi connectivity index (χ1) is 8.59. The number of hydrogen-bond donors (Lipinski definition) is 1. The second-order valence-corrected chi connectivity index (χ2v) is 5.05. The number of ether oxygens (including phenoxy) is 2. The van der Waals surface area contributed by atoms with Gasteiger partial charge in [-0.15, -0.1) is 0 Å². The summed E-state index contributed by atoms with van der Waals surface area (Å²) >= 11 is 0.